The summed E-state index contributed by atoms with van der Waals surface area (Å²) < 4.78 is 5.78. The SMILES string of the molecule is O=C(CCc1ncc(-c2ccccc2)o1)N1CCN(c2ncccn2)CC1. The van der Waals surface area contributed by atoms with Crippen LogP contribution in [0.25, 0.3) is 11.3 Å². The van der Waals surface area contributed by atoms with Gasteiger partial charge in [-0.1, -0.05) is 30.3 Å². The van der Waals surface area contributed by atoms with Crippen molar-refractivity contribution >= 4 is 11.9 Å². The lowest BCUT2D eigenvalue weighted by molar-refractivity contribution is -0.131. The molecule has 2 aromatic heterocycles. The zero-order valence-electron chi connectivity index (χ0n) is 15.0. The molecule has 1 fully saturated rings. The van der Waals surface area contributed by atoms with Crippen molar-refractivity contribution in [3.8, 4) is 11.3 Å². The Morgan fingerprint density at radius 3 is 2.44 bits per heavy atom. The summed E-state index contributed by atoms with van der Waals surface area (Å²) in [6, 6.07) is 11.6. The number of benzene rings is 1. The van der Waals surface area contributed by atoms with Gasteiger partial charge in [0.1, 0.15) is 0 Å². The number of aromatic nitrogens is 3. The normalized spacial score (nSPS) is 14.4. The summed E-state index contributed by atoms with van der Waals surface area (Å²) in [6.07, 6.45) is 6.10. The van der Waals surface area contributed by atoms with E-state index < -0.39 is 0 Å². The van der Waals surface area contributed by atoms with Crippen molar-refractivity contribution in [2.45, 2.75) is 12.8 Å². The van der Waals surface area contributed by atoms with Gasteiger partial charge in [-0.25, -0.2) is 15.0 Å². The van der Waals surface area contributed by atoms with Gasteiger partial charge in [0.25, 0.3) is 0 Å². The van der Waals surface area contributed by atoms with Crippen LogP contribution in [0.2, 0.25) is 0 Å². The third-order valence-corrected chi connectivity index (χ3v) is 4.63. The number of aryl methyl sites for hydroxylation is 1. The number of carbonyl (C=O) groups is 1. The predicted molar refractivity (Wildman–Crippen MR) is 101 cm³/mol. The van der Waals surface area contributed by atoms with Crippen molar-refractivity contribution in [2.24, 2.45) is 0 Å². The highest BCUT2D eigenvalue weighted by Crippen LogP contribution is 2.20. The Morgan fingerprint density at radius 2 is 1.70 bits per heavy atom. The van der Waals surface area contributed by atoms with E-state index >= 15 is 0 Å². The molecule has 0 radical (unpaired) electrons. The lowest BCUT2D eigenvalue weighted by Crippen LogP contribution is -2.49. The Hall–Kier alpha value is -3.22. The number of oxazole rings is 1. The lowest BCUT2D eigenvalue weighted by Gasteiger charge is -2.34. The van der Waals surface area contributed by atoms with Gasteiger partial charge in [0.05, 0.1) is 6.20 Å². The fraction of sp³-hybridized carbons (Fsp3) is 0.300. The number of hydrogen-bond acceptors (Lipinski definition) is 6. The summed E-state index contributed by atoms with van der Waals surface area (Å²) in [5, 5.41) is 0. The van der Waals surface area contributed by atoms with E-state index in [2.05, 4.69) is 19.9 Å². The topological polar surface area (TPSA) is 75.4 Å². The summed E-state index contributed by atoms with van der Waals surface area (Å²) in [5.41, 5.74) is 0.988. The summed E-state index contributed by atoms with van der Waals surface area (Å²) in [7, 11) is 0. The summed E-state index contributed by atoms with van der Waals surface area (Å²) in [6.45, 7) is 2.84. The van der Waals surface area contributed by atoms with Crippen molar-refractivity contribution in [3.05, 3.63) is 60.9 Å². The maximum atomic E-state index is 12.5. The van der Waals surface area contributed by atoms with Gasteiger partial charge in [-0.05, 0) is 6.07 Å². The van der Waals surface area contributed by atoms with E-state index in [4.69, 9.17) is 4.42 Å². The van der Waals surface area contributed by atoms with Crippen LogP contribution in [0.1, 0.15) is 12.3 Å². The Labute approximate surface area is 157 Å². The van der Waals surface area contributed by atoms with E-state index in [1.807, 2.05) is 35.2 Å². The third-order valence-electron chi connectivity index (χ3n) is 4.63. The van der Waals surface area contributed by atoms with E-state index in [1.165, 1.54) is 0 Å². The van der Waals surface area contributed by atoms with Gasteiger partial charge in [0.2, 0.25) is 11.9 Å². The van der Waals surface area contributed by atoms with Crippen molar-refractivity contribution < 1.29 is 9.21 Å². The van der Waals surface area contributed by atoms with Gasteiger partial charge in [0, 0.05) is 57.0 Å². The Bertz CT molecular complexity index is 874. The van der Waals surface area contributed by atoms with Crippen LogP contribution in [0.15, 0.2) is 59.4 Å². The average molecular weight is 363 g/mol. The van der Waals surface area contributed by atoms with Crippen molar-refractivity contribution in [2.75, 3.05) is 31.1 Å². The monoisotopic (exact) mass is 363 g/mol. The number of rotatable bonds is 5. The first kappa shape index (κ1) is 17.2. The molecular weight excluding hydrogens is 342 g/mol. The Morgan fingerprint density at radius 1 is 0.963 bits per heavy atom. The van der Waals surface area contributed by atoms with Crippen molar-refractivity contribution in [3.63, 3.8) is 0 Å². The number of amides is 1. The lowest BCUT2D eigenvalue weighted by atomic mass is 10.2. The maximum Gasteiger partial charge on any atom is 0.225 e. The van der Waals surface area contributed by atoms with E-state index in [0.717, 1.165) is 30.4 Å². The van der Waals surface area contributed by atoms with E-state index in [0.29, 0.717) is 31.8 Å². The second-order valence-corrected chi connectivity index (χ2v) is 6.40. The first-order valence-electron chi connectivity index (χ1n) is 9.09. The van der Waals surface area contributed by atoms with Crippen LogP contribution >= 0.6 is 0 Å². The molecule has 1 saturated heterocycles. The average Bonchev–Trinajstić information content (AvgIpc) is 3.22. The fourth-order valence-corrected chi connectivity index (χ4v) is 3.14. The van der Waals surface area contributed by atoms with Crippen LogP contribution in [-0.4, -0.2) is 51.9 Å². The zero-order chi connectivity index (χ0) is 18.5. The Kier molecular flexibility index (Phi) is 5.09. The largest absolute Gasteiger partial charge is 0.441 e. The predicted octanol–water partition coefficient (Wildman–Crippen LogP) is 2.41. The van der Waals surface area contributed by atoms with Gasteiger partial charge in [0.15, 0.2) is 11.7 Å². The first-order chi connectivity index (χ1) is 13.3. The minimum atomic E-state index is 0.128. The molecule has 0 spiro atoms. The first-order valence-corrected chi connectivity index (χ1v) is 9.09. The molecule has 0 bridgehead atoms. The Balaban J connectivity index is 1.27. The molecule has 0 atom stereocenters. The summed E-state index contributed by atoms with van der Waals surface area (Å²) >= 11 is 0. The molecule has 3 aromatic rings. The molecule has 27 heavy (non-hydrogen) atoms. The van der Waals surface area contributed by atoms with Crippen LogP contribution in [0.5, 0.6) is 0 Å². The standard InChI is InChI=1S/C20H21N5O2/c26-19(24-11-13-25(14-12-24)20-21-9-4-10-22-20)8-7-18-23-15-17(27-18)16-5-2-1-3-6-16/h1-6,9-10,15H,7-8,11-14H2. The highest BCUT2D eigenvalue weighted by atomic mass is 16.4. The van der Waals surface area contributed by atoms with Crippen LogP contribution in [0, 0.1) is 0 Å². The molecule has 0 unspecified atom stereocenters. The van der Waals surface area contributed by atoms with E-state index in [-0.39, 0.29) is 5.91 Å². The summed E-state index contributed by atoms with van der Waals surface area (Å²) in [4.78, 5) is 29.3. The highest BCUT2D eigenvalue weighted by molar-refractivity contribution is 5.76. The molecular formula is C20H21N5O2. The minimum absolute atomic E-state index is 0.128. The summed E-state index contributed by atoms with van der Waals surface area (Å²) in [5.74, 6) is 2.17. The minimum Gasteiger partial charge on any atom is -0.441 e. The van der Waals surface area contributed by atoms with Crippen LogP contribution in [0.4, 0.5) is 5.95 Å². The molecule has 138 valence electrons. The van der Waals surface area contributed by atoms with Crippen LogP contribution < -0.4 is 4.90 Å². The van der Waals surface area contributed by atoms with Gasteiger partial charge in [-0.3, -0.25) is 4.79 Å². The number of piperazine rings is 1. The van der Waals surface area contributed by atoms with Crippen molar-refractivity contribution in [1.29, 1.82) is 0 Å². The molecule has 1 aliphatic rings. The van der Waals surface area contributed by atoms with E-state index in [1.54, 1.807) is 24.7 Å². The van der Waals surface area contributed by atoms with Gasteiger partial charge in [-0.15, -0.1) is 0 Å². The number of anilines is 1. The number of carbonyl (C=O) groups excluding carboxylic acids is 1. The molecule has 4 rings (SSSR count). The number of hydrogen-bond donors (Lipinski definition) is 0. The van der Waals surface area contributed by atoms with Gasteiger partial charge >= 0.3 is 0 Å². The maximum absolute atomic E-state index is 12.5. The zero-order valence-corrected chi connectivity index (χ0v) is 15.0. The smallest absolute Gasteiger partial charge is 0.225 e. The number of nitrogens with zero attached hydrogens (tertiary/aromatic N) is 5. The molecule has 0 saturated carbocycles. The second kappa shape index (κ2) is 7.99. The highest BCUT2D eigenvalue weighted by Gasteiger charge is 2.22. The molecule has 7 nitrogen and oxygen atoms in total. The quantitative estimate of drug-likeness (QED) is 0.693. The van der Waals surface area contributed by atoms with Gasteiger partial charge < -0.3 is 14.2 Å². The fourth-order valence-electron chi connectivity index (χ4n) is 3.14. The van der Waals surface area contributed by atoms with Crippen molar-refractivity contribution in [1.82, 2.24) is 19.9 Å². The second-order valence-electron chi connectivity index (χ2n) is 6.40. The van der Waals surface area contributed by atoms with Gasteiger partial charge in [-0.2, -0.15) is 0 Å². The van der Waals surface area contributed by atoms with Crippen LogP contribution in [-0.2, 0) is 11.2 Å². The van der Waals surface area contributed by atoms with Crippen LogP contribution in [0.3, 0.4) is 0 Å². The van der Waals surface area contributed by atoms with E-state index in [9.17, 15) is 4.79 Å². The third kappa shape index (κ3) is 4.13. The molecule has 7 heteroatoms. The molecule has 0 aliphatic carbocycles. The molecule has 3 heterocycles. The molecule has 0 N–H and O–H groups in total. The molecule has 1 aliphatic heterocycles. The molecule has 1 aromatic carbocycles. The molecule has 1 amide bonds.